The fourth-order valence-electron chi connectivity index (χ4n) is 3.85. The van der Waals surface area contributed by atoms with Gasteiger partial charge in [-0.25, -0.2) is 0 Å². The summed E-state index contributed by atoms with van der Waals surface area (Å²) >= 11 is 5.89. The number of benzene rings is 1. The van der Waals surface area contributed by atoms with Crippen LogP contribution in [0.5, 0.6) is 0 Å². The van der Waals surface area contributed by atoms with Crippen LogP contribution in [0.2, 0.25) is 5.02 Å². The maximum atomic E-state index is 13.2. The highest BCUT2D eigenvalue weighted by Gasteiger charge is 2.35. The lowest BCUT2D eigenvalue weighted by atomic mass is 9.96. The van der Waals surface area contributed by atoms with Gasteiger partial charge in [0.2, 0.25) is 5.91 Å². The Morgan fingerprint density at radius 1 is 1.22 bits per heavy atom. The normalized spacial score (nSPS) is 23.7. The summed E-state index contributed by atoms with van der Waals surface area (Å²) in [7, 11) is 0. The van der Waals surface area contributed by atoms with Crippen LogP contribution in [0.15, 0.2) is 24.3 Å². The molecule has 2 N–H and O–H groups in total. The number of halogens is 2. The fraction of sp³-hybridized carbons (Fsp3) is 0.600. The number of nitrogens with one attached hydrogen (secondary N) is 2. The second kappa shape index (κ2) is 9.76. The molecule has 1 aromatic rings. The van der Waals surface area contributed by atoms with E-state index in [1.54, 1.807) is 24.3 Å². The minimum absolute atomic E-state index is 0. The first-order chi connectivity index (χ1) is 12.5. The van der Waals surface area contributed by atoms with Crippen molar-refractivity contribution in [1.29, 1.82) is 0 Å². The third kappa shape index (κ3) is 5.37. The van der Waals surface area contributed by atoms with Gasteiger partial charge < -0.3 is 15.5 Å². The summed E-state index contributed by atoms with van der Waals surface area (Å²) in [5, 5.41) is 7.16. The highest BCUT2D eigenvalue weighted by molar-refractivity contribution is 6.30. The summed E-state index contributed by atoms with van der Waals surface area (Å²) < 4.78 is 0. The average Bonchev–Trinajstić information content (AvgIpc) is 2.97. The highest BCUT2D eigenvalue weighted by Crippen LogP contribution is 2.22. The topological polar surface area (TPSA) is 61.4 Å². The van der Waals surface area contributed by atoms with Crippen LogP contribution in [0.4, 0.5) is 0 Å². The van der Waals surface area contributed by atoms with Gasteiger partial charge in [-0.05, 0) is 49.4 Å². The van der Waals surface area contributed by atoms with Crippen LogP contribution in [0.3, 0.4) is 0 Å². The number of amides is 2. The molecular formula is C20H29Cl2N3O2. The number of rotatable bonds is 5. The molecule has 2 heterocycles. The minimum atomic E-state index is -0.500. The first kappa shape index (κ1) is 22.0. The Labute approximate surface area is 172 Å². The van der Waals surface area contributed by atoms with Crippen LogP contribution in [0, 0.1) is 5.92 Å². The predicted molar refractivity (Wildman–Crippen MR) is 111 cm³/mol. The number of carbonyl (C=O) groups is 2. The summed E-state index contributed by atoms with van der Waals surface area (Å²) in [6.07, 6.45) is 4.14. The van der Waals surface area contributed by atoms with Crippen molar-refractivity contribution in [2.24, 2.45) is 5.92 Å². The van der Waals surface area contributed by atoms with Gasteiger partial charge in [0.25, 0.3) is 5.91 Å². The molecule has 150 valence electrons. The molecular weight excluding hydrogens is 385 g/mol. The van der Waals surface area contributed by atoms with E-state index < -0.39 is 6.04 Å². The summed E-state index contributed by atoms with van der Waals surface area (Å²) in [5.74, 6) is -0.113. The zero-order valence-electron chi connectivity index (χ0n) is 15.9. The number of carbonyl (C=O) groups excluding carboxylic acids is 2. The van der Waals surface area contributed by atoms with Gasteiger partial charge in [-0.1, -0.05) is 31.9 Å². The van der Waals surface area contributed by atoms with Crippen molar-refractivity contribution in [3.05, 3.63) is 34.9 Å². The molecule has 0 aliphatic carbocycles. The SMILES string of the molecule is CCC(C)C(NC(=O)c1ccc(Cl)cc1)C(=O)N1CCC2CCC(C1)N2.Cl. The molecule has 2 bridgehead atoms. The molecule has 0 aromatic heterocycles. The number of likely N-dealkylation sites (tertiary alicyclic amines) is 1. The lowest BCUT2D eigenvalue weighted by molar-refractivity contribution is -0.134. The van der Waals surface area contributed by atoms with Gasteiger partial charge >= 0.3 is 0 Å². The van der Waals surface area contributed by atoms with Gasteiger partial charge in [0.1, 0.15) is 6.04 Å². The third-order valence-electron chi connectivity index (χ3n) is 5.71. The Morgan fingerprint density at radius 2 is 1.89 bits per heavy atom. The quantitative estimate of drug-likeness (QED) is 0.778. The van der Waals surface area contributed by atoms with Crippen molar-refractivity contribution in [3.8, 4) is 0 Å². The largest absolute Gasteiger partial charge is 0.340 e. The lowest BCUT2D eigenvalue weighted by Gasteiger charge is -2.31. The van der Waals surface area contributed by atoms with Crippen LogP contribution >= 0.6 is 24.0 Å². The molecule has 2 amide bonds. The molecule has 0 spiro atoms. The molecule has 2 fully saturated rings. The summed E-state index contributed by atoms with van der Waals surface area (Å²) in [5.41, 5.74) is 0.520. The van der Waals surface area contributed by atoms with Crippen LogP contribution in [-0.4, -0.2) is 47.9 Å². The van der Waals surface area contributed by atoms with E-state index >= 15 is 0 Å². The smallest absolute Gasteiger partial charge is 0.251 e. The average molecular weight is 414 g/mol. The van der Waals surface area contributed by atoms with E-state index in [0.717, 1.165) is 32.4 Å². The van der Waals surface area contributed by atoms with Gasteiger partial charge in [-0.15, -0.1) is 12.4 Å². The highest BCUT2D eigenvalue weighted by atomic mass is 35.5. The van der Waals surface area contributed by atoms with Crippen molar-refractivity contribution >= 4 is 35.8 Å². The Bertz CT molecular complexity index is 653. The number of hydrogen-bond acceptors (Lipinski definition) is 3. The summed E-state index contributed by atoms with van der Waals surface area (Å²) in [4.78, 5) is 27.8. The van der Waals surface area contributed by atoms with E-state index in [2.05, 4.69) is 10.6 Å². The molecule has 0 saturated carbocycles. The second-order valence-corrected chi connectivity index (χ2v) is 7.99. The number of fused-ring (bicyclic) bond motifs is 2. The lowest BCUT2D eigenvalue weighted by Crippen LogP contribution is -2.53. The maximum absolute atomic E-state index is 13.2. The van der Waals surface area contributed by atoms with Crippen molar-refractivity contribution in [2.45, 2.75) is 57.7 Å². The molecule has 5 nitrogen and oxygen atoms in total. The molecule has 4 unspecified atom stereocenters. The number of hydrogen-bond donors (Lipinski definition) is 2. The molecule has 7 heteroatoms. The van der Waals surface area contributed by atoms with E-state index in [0.29, 0.717) is 22.7 Å². The van der Waals surface area contributed by atoms with Gasteiger partial charge in [0, 0.05) is 35.8 Å². The fourth-order valence-corrected chi connectivity index (χ4v) is 3.97. The second-order valence-electron chi connectivity index (χ2n) is 7.55. The molecule has 4 atom stereocenters. The number of nitrogens with zero attached hydrogens (tertiary/aromatic N) is 1. The Balaban J connectivity index is 0.00000261. The first-order valence-corrected chi connectivity index (χ1v) is 9.97. The molecule has 2 saturated heterocycles. The Hall–Kier alpha value is -1.30. The Kier molecular flexibility index (Phi) is 7.95. The summed E-state index contributed by atoms with van der Waals surface area (Å²) in [6, 6.07) is 7.16. The van der Waals surface area contributed by atoms with Crippen LogP contribution < -0.4 is 10.6 Å². The third-order valence-corrected chi connectivity index (χ3v) is 5.96. The van der Waals surface area contributed by atoms with Gasteiger partial charge in [0.05, 0.1) is 0 Å². The van der Waals surface area contributed by atoms with Crippen molar-refractivity contribution < 1.29 is 9.59 Å². The monoisotopic (exact) mass is 413 g/mol. The minimum Gasteiger partial charge on any atom is -0.340 e. The van der Waals surface area contributed by atoms with Crippen molar-refractivity contribution in [3.63, 3.8) is 0 Å². The molecule has 3 rings (SSSR count). The molecule has 27 heavy (non-hydrogen) atoms. The van der Waals surface area contributed by atoms with Crippen molar-refractivity contribution in [2.75, 3.05) is 13.1 Å². The molecule has 2 aliphatic rings. The standard InChI is InChI=1S/C20H28ClN3O2.ClH/c1-3-13(2)18(23-19(25)14-4-6-15(21)7-5-14)20(26)24-11-10-16-8-9-17(12-24)22-16;/h4-7,13,16-18,22H,3,8-12H2,1-2H3,(H,23,25);1H. The van der Waals surface area contributed by atoms with Crippen LogP contribution in [-0.2, 0) is 4.79 Å². The zero-order chi connectivity index (χ0) is 18.7. The van der Waals surface area contributed by atoms with Crippen LogP contribution in [0.1, 0.15) is 49.9 Å². The van der Waals surface area contributed by atoms with E-state index in [4.69, 9.17) is 11.6 Å². The molecule has 0 radical (unpaired) electrons. The van der Waals surface area contributed by atoms with E-state index in [9.17, 15) is 9.59 Å². The summed E-state index contributed by atoms with van der Waals surface area (Å²) in [6.45, 7) is 5.56. The zero-order valence-corrected chi connectivity index (χ0v) is 17.5. The van der Waals surface area contributed by atoms with Crippen LogP contribution in [0.25, 0.3) is 0 Å². The van der Waals surface area contributed by atoms with Gasteiger partial charge in [-0.2, -0.15) is 0 Å². The van der Waals surface area contributed by atoms with E-state index in [1.807, 2.05) is 18.7 Å². The van der Waals surface area contributed by atoms with Gasteiger partial charge in [-0.3, -0.25) is 9.59 Å². The molecule has 2 aliphatic heterocycles. The molecule has 1 aromatic carbocycles. The van der Waals surface area contributed by atoms with E-state index in [-0.39, 0.29) is 30.1 Å². The predicted octanol–water partition coefficient (Wildman–Crippen LogP) is 3.26. The van der Waals surface area contributed by atoms with Gasteiger partial charge in [0.15, 0.2) is 0 Å². The Morgan fingerprint density at radius 3 is 2.56 bits per heavy atom. The first-order valence-electron chi connectivity index (χ1n) is 9.59. The maximum Gasteiger partial charge on any atom is 0.251 e. The van der Waals surface area contributed by atoms with Crippen molar-refractivity contribution in [1.82, 2.24) is 15.5 Å². The van der Waals surface area contributed by atoms with E-state index in [1.165, 1.54) is 6.42 Å².